The molecule has 0 aromatic carbocycles. The second kappa shape index (κ2) is 15.7. The highest BCUT2D eigenvalue weighted by molar-refractivity contribution is 5.48. The molecule has 17 heavy (non-hydrogen) atoms. The van der Waals surface area contributed by atoms with Gasteiger partial charge in [-0.1, -0.05) is 77.6 Å². The molecule has 0 unspecified atom stereocenters. The summed E-state index contributed by atoms with van der Waals surface area (Å²) in [6.45, 7) is 2.26. The van der Waals surface area contributed by atoms with Crippen molar-refractivity contribution in [1.82, 2.24) is 0 Å². The molecule has 0 aliphatic carbocycles. The Kier molecular flexibility index (Phi) is 15.4. The molecular formula is C16H31O. The first-order valence-corrected chi connectivity index (χ1v) is 7.67. The van der Waals surface area contributed by atoms with E-state index in [0.29, 0.717) is 0 Å². The molecule has 0 bridgehead atoms. The van der Waals surface area contributed by atoms with E-state index in [1.165, 1.54) is 70.6 Å². The van der Waals surface area contributed by atoms with E-state index >= 15 is 0 Å². The Morgan fingerprint density at radius 2 is 1.12 bits per heavy atom. The first-order chi connectivity index (χ1) is 8.41. The third kappa shape index (κ3) is 15.7. The summed E-state index contributed by atoms with van der Waals surface area (Å²) < 4.78 is 0. The highest BCUT2D eigenvalue weighted by Gasteiger charge is 1.93. The van der Waals surface area contributed by atoms with Gasteiger partial charge in [-0.05, 0) is 12.8 Å². The molecule has 0 amide bonds. The van der Waals surface area contributed by atoms with Gasteiger partial charge in [-0.2, -0.15) is 0 Å². The molecule has 0 spiro atoms. The molecule has 0 heterocycles. The van der Waals surface area contributed by atoms with Crippen LogP contribution >= 0.6 is 0 Å². The second-order valence-corrected chi connectivity index (χ2v) is 5.00. The number of unbranched alkanes of at least 4 members (excludes halogenated alkanes) is 13. The maximum atomic E-state index is 10.1. The van der Waals surface area contributed by atoms with E-state index in [2.05, 4.69) is 13.3 Å². The van der Waals surface area contributed by atoms with Crippen LogP contribution < -0.4 is 0 Å². The Hall–Kier alpha value is -0.330. The van der Waals surface area contributed by atoms with Crippen molar-refractivity contribution >= 4 is 6.29 Å². The summed E-state index contributed by atoms with van der Waals surface area (Å²) in [6.07, 6.45) is 20.1. The van der Waals surface area contributed by atoms with Gasteiger partial charge in [0, 0.05) is 6.42 Å². The molecule has 1 nitrogen and oxygen atoms in total. The normalized spacial score (nSPS) is 10.6. The summed E-state index contributed by atoms with van der Waals surface area (Å²) in [5.41, 5.74) is 0. The number of carbonyl (C=O) groups is 1. The molecule has 0 rings (SSSR count). The zero-order chi connectivity index (χ0) is 12.6. The minimum absolute atomic E-state index is 0.755. The Balaban J connectivity index is 2.87. The standard InChI is InChI=1S/C16H31O/c1-2-3-4-5-6-7-8-9-10-11-12-13-14-15-16-17/h7,16H,2-6,8-15H2,1H3. The van der Waals surface area contributed by atoms with Crippen molar-refractivity contribution in [2.45, 2.75) is 90.4 Å². The van der Waals surface area contributed by atoms with E-state index in [0.717, 1.165) is 19.1 Å². The number of rotatable bonds is 14. The summed E-state index contributed by atoms with van der Waals surface area (Å²) in [5, 5.41) is 0. The molecular weight excluding hydrogens is 208 g/mol. The van der Waals surface area contributed by atoms with E-state index in [1.54, 1.807) is 0 Å². The molecule has 0 saturated heterocycles. The first kappa shape index (κ1) is 16.7. The van der Waals surface area contributed by atoms with Crippen molar-refractivity contribution in [3.05, 3.63) is 6.42 Å². The summed E-state index contributed by atoms with van der Waals surface area (Å²) in [4.78, 5) is 10.1. The van der Waals surface area contributed by atoms with Crippen LogP contribution in [0.25, 0.3) is 0 Å². The van der Waals surface area contributed by atoms with Gasteiger partial charge in [-0.25, -0.2) is 0 Å². The quantitative estimate of drug-likeness (QED) is 0.290. The largest absolute Gasteiger partial charge is 0.303 e. The van der Waals surface area contributed by atoms with Gasteiger partial charge >= 0.3 is 0 Å². The van der Waals surface area contributed by atoms with Crippen molar-refractivity contribution in [1.29, 1.82) is 0 Å². The number of hydrogen-bond acceptors (Lipinski definition) is 1. The van der Waals surface area contributed by atoms with Crippen LogP contribution in [0.2, 0.25) is 0 Å². The molecule has 0 aliphatic rings. The fourth-order valence-corrected chi connectivity index (χ4v) is 2.08. The Morgan fingerprint density at radius 3 is 1.65 bits per heavy atom. The van der Waals surface area contributed by atoms with E-state index < -0.39 is 0 Å². The van der Waals surface area contributed by atoms with Crippen molar-refractivity contribution < 1.29 is 4.79 Å². The van der Waals surface area contributed by atoms with Gasteiger partial charge in [0.1, 0.15) is 6.29 Å². The number of aldehydes is 1. The van der Waals surface area contributed by atoms with E-state index in [9.17, 15) is 4.79 Å². The maximum Gasteiger partial charge on any atom is 0.119 e. The monoisotopic (exact) mass is 239 g/mol. The van der Waals surface area contributed by atoms with E-state index in [-0.39, 0.29) is 0 Å². The average Bonchev–Trinajstić information content (AvgIpc) is 2.35. The van der Waals surface area contributed by atoms with Gasteiger partial charge < -0.3 is 4.79 Å². The van der Waals surface area contributed by atoms with Gasteiger partial charge in [0.15, 0.2) is 0 Å². The number of hydrogen-bond donors (Lipinski definition) is 0. The summed E-state index contributed by atoms with van der Waals surface area (Å²) in [5.74, 6) is 0. The smallest absolute Gasteiger partial charge is 0.119 e. The third-order valence-corrected chi connectivity index (χ3v) is 3.24. The lowest BCUT2D eigenvalue weighted by molar-refractivity contribution is -0.107. The van der Waals surface area contributed by atoms with Gasteiger partial charge in [-0.15, -0.1) is 0 Å². The summed E-state index contributed by atoms with van der Waals surface area (Å²) >= 11 is 0. The van der Waals surface area contributed by atoms with Gasteiger partial charge in [0.05, 0.1) is 0 Å². The Bertz CT molecular complexity index is 142. The van der Waals surface area contributed by atoms with Crippen molar-refractivity contribution in [3.63, 3.8) is 0 Å². The van der Waals surface area contributed by atoms with Crippen molar-refractivity contribution in [2.75, 3.05) is 0 Å². The van der Waals surface area contributed by atoms with Crippen LogP contribution in [-0.2, 0) is 4.79 Å². The van der Waals surface area contributed by atoms with E-state index in [1.807, 2.05) is 0 Å². The second-order valence-electron chi connectivity index (χ2n) is 5.00. The molecule has 0 N–H and O–H groups in total. The topological polar surface area (TPSA) is 17.1 Å². The molecule has 0 aromatic rings. The molecule has 101 valence electrons. The molecule has 0 aliphatic heterocycles. The van der Waals surface area contributed by atoms with Crippen LogP contribution in [-0.4, -0.2) is 6.29 Å². The fourth-order valence-electron chi connectivity index (χ4n) is 2.08. The SMILES string of the molecule is CCCCCC[CH]CCCCCCCCC=O. The van der Waals surface area contributed by atoms with Gasteiger partial charge in [0.25, 0.3) is 0 Å². The van der Waals surface area contributed by atoms with Crippen LogP contribution in [0.3, 0.4) is 0 Å². The molecule has 0 aromatic heterocycles. The Morgan fingerprint density at radius 1 is 0.647 bits per heavy atom. The third-order valence-electron chi connectivity index (χ3n) is 3.24. The molecule has 0 atom stereocenters. The van der Waals surface area contributed by atoms with Crippen LogP contribution in [0.5, 0.6) is 0 Å². The summed E-state index contributed by atoms with van der Waals surface area (Å²) in [6, 6.07) is 0. The first-order valence-electron chi connectivity index (χ1n) is 7.67. The molecule has 0 fully saturated rings. The van der Waals surface area contributed by atoms with Crippen LogP contribution in [0.4, 0.5) is 0 Å². The van der Waals surface area contributed by atoms with Crippen LogP contribution in [0.1, 0.15) is 90.4 Å². The lowest BCUT2D eigenvalue weighted by atomic mass is 10.0. The highest BCUT2D eigenvalue weighted by Crippen LogP contribution is 2.11. The minimum atomic E-state index is 0.755. The minimum Gasteiger partial charge on any atom is -0.303 e. The molecule has 1 radical (unpaired) electrons. The Labute approximate surface area is 108 Å². The van der Waals surface area contributed by atoms with E-state index in [4.69, 9.17) is 0 Å². The lowest BCUT2D eigenvalue weighted by Crippen LogP contribution is -1.83. The predicted octanol–water partition coefficient (Wildman–Crippen LogP) is 5.48. The molecule has 0 saturated carbocycles. The molecule has 1 heteroatoms. The summed E-state index contributed by atoms with van der Waals surface area (Å²) in [7, 11) is 0. The van der Waals surface area contributed by atoms with Crippen LogP contribution in [0.15, 0.2) is 0 Å². The van der Waals surface area contributed by atoms with Crippen molar-refractivity contribution in [2.24, 2.45) is 0 Å². The maximum absolute atomic E-state index is 10.1. The number of carbonyl (C=O) groups excluding carboxylic acids is 1. The zero-order valence-corrected chi connectivity index (χ0v) is 11.8. The lowest BCUT2D eigenvalue weighted by Gasteiger charge is -2.02. The predicted molar refractivity (Wildman–Crippen MR) is 76.1 cm³/mol. The van der Waals surface area contributed by atoms with Gasteiger partial charge in [0.2, 0.25) is 0 Å². The average molecular weight is 239 g/mol. The van der Waals surface area contributed by atoms with Gasteiger partial charge in [-0.3, -0.25) is 0 Å². The fraction of sp³-hybridized carbons (Fsp3) is 0.875. The zero-order valence-electron chi connectivity index (χ0n) is 11.8. The van der Waals surface area contributed by atoms with Crippen molar-refractivity contribution in [3.8, 4) is 0 Å². The van der Waals surface area contributed by atoms with Crippen LogP contribution in [0, 0.1) is 6.42 Å². The highest BCUT2D eigenvalue weighted by atomic mass is 16.1.